The van der Waals surface area contributed by atoms with Crippen molar-refractivity contribution >= 4 is 42.9 Å². The minimum atomic E-state index is -1.80. The molecular formula is C42H31OS2+. The summed E-state index contributed by atoms with van der Waals surface area (Å²) in [5, 5.41) is 2.30. The average Bonchev–Trinajstić information content (AvgIpc) is 3.49. The van der Waals surface area contributed by atoms with Gasteiger partial charge >= 0.3 is 0 Å². The largest absolute Gasteiger partial charge is 0.456 e. The molecule has 0 radical (unpaired) electrons. The van der Waals surface area contributed by atoms with Crippen molar-refractivity contribution < 1.29 is 4.42 Å². The van der Waals surface area contributed by atoms with Crippen LogP contribution < -0.4 is 0 Å². The summed E-state index contributed by atoms with van der Waals surface area (Å²) in [7, 11) is -2.05. The molecule has 45 heavy (non-hydrogen) atoms. The van der Waals surface area contributed by atoms with Gasteiger partial charge in [-0.3, -0.25) is 0 Å². The molecule has 0 amide bonds. The van der Waals surface area contributed by atoms with Crippen molar-refractivity contribution in [2.75, 3.05) is 0 Å². The lowest BCUT2D eigenvalue weighted by atomic mass is 10.1. The van der Waals surface area contributed by atoms with E-state index in [-0.39, 0.29) is 10.9 Å². The summed E-state index contributed by atoms with van der Waals surface area (Å²) in [6, 6.07) is 68.3. The summed E-state index contributed by atoms with van der Waals surface area (Å²) >= 11 is 0. The van der Waals surface area contributed by atoms with Gasteiger partial charge in [0.25, 0.3) is 0 Å². The monoisotopic (exact) mass is 615 g/mol. The third kappa shape index (κ3) is 4.85. The molecule has 0 N–H and O–H groups in total. The zero-order chi connectivity index (χ0) is 30.1. The molecule has 0 aliphatic heterocycles. The first-order chi connectivity index (χ1) is 22.3. The molecule has 7 aromatic carbocycles. The Kier molecular flexibility index (Phi) is 7.26. The summed E-state index contributed by atoms with van der Waals surface area (Å²) in [6.07, 6.45) is 0. The van der Waals surface area contributed by atoms with Crippen molar-refractivity contribution in [2.45, 2.75) is 34.3 Å². The fourth-order valence-electron chi connectivity index (χ4n) is 6.26. The van der Waals surface area contributed by atoms with Crippen LogP contribution in [-0.4, -0.2) is 0 Å². The van der Waals surface area contributed by atoms with E-state index in [1.807, 2.05) is 0 Å². The molecular weight excluding hydrogens is 585 g/mol. The standard InChI is InChI=1S/C42H31OS2/c1-6-16-32(17-7-1)44(33-18-8-2-9-19-33)34-26-28-41-39(30-34)40-31-38(27-29-42(40)43-41)45(35-20-10-3-11-21-35,36-22-12-4-13-23-36)37-24-14-5-15-25-37/h1-31H/q+1. The molecule has 0 saturated carbocycles. The molecule has 8 aromatic rings. The van der Waals surface area contributed by atoms with Crippen LogP contribution in [0, 0.1) is 0 Å². The Bertz CT molecular complexity index is 2060. The summed E-state index contributed by atoms with van der Waals surface area (Å²) in [5.74, 6) is 0. The van der Waals surface area contributed by atoms with Crippen LogP contribution in [0.15, 0.2) is 227 Å². The summed E-state index contributed by atoms with van der Waals surface area (Å²) in [4.78, 5) is 9.10. The normalized spacial score (nSPS) is 12.1. The lowest BCUT2D eigenvalue weighted by molar-refractivity contribution is 0.668. The highest BCUT2D eigenvalue weighted by Gasteiger charge is 2.34. The second-order valence-electron chi connectivity index (χ2n) is 10.9. The van der Waals surface area contributed by atoms with E-state index < -0.39 is 10.0 Å². The number of fused-ring (bicyclic) bond motifs is 3. The van der Waals surface area contributed by atoms with Crippen LogP contribution in [0.3, 0.4) is 0 Å². The van der Waals surface area contributed by atoms with Crippen LogP contribution >= 0.6 is 10.0 Å². The topological polar surface area (TPSA) is 13.1 Å². The van der Waals surface area contributed by atoms with Crippen LogP contribution in [0.1, 0.15) is 0 Å². The number of benzene rings is 7. The van der Waals surface area contributed by atoms with Gasteiger partial charge in [0.2, 0.25) is 0 Å². The highest BCUT2D eigenvalue weighted by molar-refractivity contribution is 8.34. The van der Waals surface area contributed by atoms with Gasteiger partial charge in [-0.05, 0) is 91.0 Å². The van der Waals surface area contributed by atoms with Gasteiger partial charge in [0, 0.05) is 36.4 Å². The summed E-state index contributed by atoms with van der Waals surface area (Å²) in [5.41, 5.74) is 1.82. The number of hydrogen-bond acceptors (Lipinski definition) is 1. The molecule has 216 valence electrons. The maximum absolute atomic E-state index is 6.50. The molecule has 0 aliphatic carbocycles. The molecule has 0 spiro atoms. The minimum Gasteiger partial charge on any atom is -0.456 e. The predicted octanol–water partition coefficient (Wildman–Crippen LogP) is 12.0. The number of hydrogen-bond donors (Lipinski definition) is 0. The van der Waals surface area contributed by atoms with Crippen molar-refractivity contribution in [1.29, 1.82) is 0 Å². The van der Waals surface area contributed by atoms with E-state index >= 15 is 0 Å². The smallest absolute Gasteiger partial charge is 0.167 e. The SMILES string of the molecule is c1ccc([S+](c2ccccc2)c2ccc3oc4ccc(S(c5ccccc5)(c5ccccc5)c5ccccc5)cc4c3c2)cc1. The maximum Gasteiger partial charge on any atom is 0.167 e. The van der Waals surface area contributed by atoms with Gasteiger partial charge in [-0.25, -0.2) is 0 Å². The number of rotatable bonds is 7. The Labute approximate surface area is 268 Å². The Morgan fingerprint density at radius 3 is 1.20 bits per heavy atom. The van der Waals surface area contributed by atoms with E-state index in [1.54, 1.807) is 0 Å². The molecule has 0 fully saturated rings. The first-order valence-electron chi connectivity index (χ1n) is 15.1. The lowest BCUT2D eigenvalue weighted by Crippen LogP contribution is -2.05. The lowest BCUT2D eigenvalue weighted by Gasteiger charge is -2.42. The first kappa shape index (κ1) is 27.6. The van der Waals surface area contributed by atoms with Gasteiger partial charge in [0.05, 0.1) is 10.9 Å². The average molecular weight is 616 g/mol. The van der Waals surface area contributed by atoms with Crippen LogP contribution in [0.5, 0.6) is 0 Å². The predicted molar refractivity (Wildman–Crippen MR) is 189 cm³/mol. The van der Waals surface area contributed by atoms with Crippen molar-refractivity contribution in [3.63, 3.8) is 0 Å². The molecule has 1 aromatic heterocycles. The molecule has 8 rings (SSSR count). The third-order valence-electron chi connectivity index (χ3n) is 8.25. The second-order valence-corrected chi connectivity index (χ2v) is 16.0. The van der Waals surface area contributed by atoms with Gasteiger partial charge in [0.1, 0.15) is 11.2 Å². The fourth-order valence-corrected chi connectivity index (χ4v) is 12.3. The second kappa shape index (κ2) is 11.9. The Balaban J connectivity index is 1.39. The number of furan rings is 1. The quantitative estimate of drug-likeness (QED) is 0.163. The van der Waals surface area contributed by atoms with Crippen molar-refractivity contribution in [2.24, 2.45) is 0 Å². The van der Waals surface area contributed by atoms with Crippen molar-refractivity contribution in [3.05, 3.63) is 188 Å². The first-order valence-corrected chi connectivity index (χ1v) is 18.0. The zero-order valence-electron chi connectivity index (χ0n) is 24.6. The maximum atomic E-state index is 6.50. The molecule has 3 heteroatoms. The molecule has 0 saturated heterocycles. The summed E-state index contributed by atoms with van der Waals surface area (Å²) in [6.45, 7) is 0. The molecule has 1 nitrogen and oxygen atoms in total. The third-order valence-corrected chi connectivity index (χ3v) is 14.4. The highest BCUT2D eigenvalue weighted by atomic mass is 32.3. The Hall–Kier alpha value is -4.96. The van der Waals surface area contributed by atoms with Crippen LogP contribution in [-0.2, 0) is 10.9 Å². The van der Waals surface area contributed by atoms with E-state index in [9.17, 15) is 0 Å². The van der Waals surface area contributed by atoms with Crippen molar-refractivity contribution in [1.82, 2.24) is 0 Å². The van der Waals surface area contributed by atoms with Crippen LogP contribution in [0.25, 0.3) is 21.9 Å². The van der Waals surface area contributed by atoms with E-state index in [0.29, 0.717) is 0 Å². The van der Waals surface area contributed by atoms with Crippen molar-refractivity contribution in [3.8, 4) is 0 Å². The van der Waals surface area contributed by atoms with E-state index in [0.717, 1.165) is 21.9 Å². The van der Waals surface area contributed by atoms with E-state index in [4.69, 9.17) is 4.42 Å². The minimum absolute atomic E-state index is 0.246. The van der Waals surface area contributed by atoms with E-state index in [2.05, 4.69) is 188 Å². The summed E-state index contributed by atoms with van der Waals surface area (Å²) < 4.78 is 6.50. The van der Waals surface area contributed by atoms with Gasteiger partial charge in [-0.2, -0.15) is 0 Å². The van der Waals surface area contributed by atoms with Crippen LogP contribution in [0.2, 0.25) is 0 Å². The molecule has 0 bridgehead atoms. The highest BCUT2D eigenvalue weighted by Crippen LogP contribution is 2.73. The Morgan fingerprint density at radius 2 is 0.733 bits per heavy atom. The van der Waals surface area contributed by atoms with E-state index in [1.165, 1.54) is 34.3 Å². The van der Waals surface area contributed by atoms with Gasteiger partial charge in [-0.15, -0.1) is 10.0 Å². The molecule has 0 aliphatic rings. The van der Waals surface area contributed by atoms with Gasteiger partial charge in [-0.1, -0.05) is 91.0 Å². The van der Waals surface area contributed by atoms with Gasteiger partial charge in [0.15, 0.2) is 14.7 Å². The van der Waals surface area contributed by atoms with Crippen LogP contribution in [0.4, 0.5) is 0 Å². The zero-order valence-corrected chi connectivity index (χ0v) is 26.3. The molecule has 0 atom stereocenters. The Morgan fingerprint density at radius 1 is 0.333 bits per heavy atom. The molecule has 0 unspecified atom stereocenters. The molecule has 1 heterocycles. The van der Waals surface area contributed by atoms with Gasteiger partial charge < -0.3 is 4.42 Å². The fraction of sp³-hybridized carbons (Fsp3) is 0.